The summed E-state index contributed by atoms with van der Waals surface area (Å²) in [5, 5.41) is 28.3. The van der Waals surface area contributed by atoms with Gasteiger partial charge in [0, 0.05) is 6.08 Å². The Morgan fingerprint density at radius 1 is 1.45 bits per heavy atom. The Morgan fingerprint density at radius 3 is 1.91 bits per heavy atom. The van der Waals surface area contributed by atoms with Crippen molar-refractivity contribution in [3.05, 3.63) is 32.1 Å². The maximum atomic E-state index is 9.88. The normalized spacial score (nSPS) is 11.6. The van der Waals surface area contributed by atoms with E-state index in [1.54, 1.807) is 0 Å². The molecule has 0 heterocycles. The topological polar surface area (TPSA) is 107 Å². The summed E-state index contributed by atoms with van der Waals surface area (Å²) in [5.41, 5.74) is 0. The highest BCUT2D eigenvalue weighted by Crippen LogP contribution is 2.01. The number of nitrogens with zero attached hydrogens (tertiary/aromatic N) is 2. The van der Waals surface area contributed by atoms with Crippen LogP contribution < -0.4 is 0 Å². The second kappa shape index (κ2) is 3.49. The van der Waals surface area contributed by atoms with E-state index >= 15 is 0 Å². The second-order valence-corrected chi connectivity index (χ2v) is 1.58. The summed E-state index contributed by atoms with van der Waals surface area (Å²) >= 11 is 0. The summed E-state index contributed by atoms with van der Waals surface area (Å²) in [4.78, 5) is 17.4. The van der Waals surface area contributed by atoms with Gasteiger partial charge in [-0.1, -0.05) is 0 Å². The van der Waals surface area contributed by atoms with E-state index in [1.807, 2.05) is 6.08 Å². The zero-order chi connectivity index (χ0) is 9.02. The highest BCUT2D eigenvalue weighted by atomic mass is 16.7. The van der Waals surface area contributed by atoms with E-state index in [0.717, 1.165) is 6.92 Å². The van der Waals surface area contributed by atoms with Gasteiger partial charge < -0.3 is 5.11 Å². The minimum Gasteiger partial charge on any atom is -0.500 e. The molecule has 0 bridgehead atoms. The largest absolute Gasteiger partial charge is 0.506 e. The van der Waals surface area contributed by atoms with Gasteiger partial charge in [-0.3, -0.25) is 20.2 Å². The fraction of sp³-hybridized carbons (Fsp3) is 0.500. The van der Waals surface area contributed by atoms with E-state index in [4.69, 9.17) is 5.11 Å². The van der Waals surface area contributed by atoms with Crippen molar-refractivity contribution in [3.63, 3.8) is 0 Å². The summed E-state index contributed by atoms with van der Waals surface area (Å²) < 4.78 is 0. The molecule has 1 N–H and O–H groups in total. The molecule has 0 unspecified atom stereocenters. The predicted octanol–water partition coefficient (Wildman–Crippen LogP) is 0.131. The van der Waals surface area contributed by atoms with Crippen LogP contribution in [0.5, 0.6) is 0 Å². The molecular formula is C4H5N2O5. The molecule has 0 aliphatic rings. The van der Waals surface area contributed by atoms with Gasteiger partial charge in [0.25, 0.3) is 0 Å². The van der Waals surface area contributed by atoms with Gasteiger partial charge in [0.15, 0.2) is 0 Å². The molecule has 1 radical (unpaired) electrons. The van der Waals surface area contributed by atoms with Crippen LogP contribution in [-0.2, 0) is 0 Å². The monoisotopic (exact) mass is 161 g/mol. The summed E-state index contributed by atoms with van der Waals surface area (Å²) in [7, 11) is 0. The molecule has 0 aliphatic carbocycles. The molecule has 0 aliphatic heterocycles. The molecule has 61 valence electrons. The number of nitro groups is 2. The van der Waals surface area contributed by atoms with Gasteiger partial charge in [-0.2, -0.15) is 0 Å². The van der Waals surface area contributed by atoms with Crippen LogP contribution in [0.3, 0.4) is 0 Å². The van der Waals surface area contributed by atoms with E-state index in [9.17, 15) is 20.2 Å². The molecule has 0 spiro atoms. The van der Waals surface area contributed by atoms with Crippen LogP contribution in [0.25, 0.3) is 0 Å². The highest BCUT2D eigenvalue weighted by Gasteiger charge is 2.36. The summed E-state index contributed by atoms with van der Waals surface area (Å²) in [6.45, 7) is 1.15. The van der Waals surface area contributed by atoms with Crippen molar-refractivity contribution in [2.24, 2.45) is 0 Å². The van der Waals surface area contributed by atoms with Crippen molar-refractivity contribution in [2.45, 2.75) is 13.1 Å². The molecule has 11 heavy (non-hydrogen) atoms. The van der Waals surface area contributed by atoms with Crippen molar-refractivity contribution in [1.82, 2.24) is 0 Å². The Labute approximate surface area is 61.2 Å². The third kappa shape index (κ3) is 2.20. The molecule has 0 atom stereocenters. The molecule has 7 heteroatoms. The van der Waals surface area contributed by atoms with Gasteiger partial charge in [-0.15, -0.1) is 0 Å². The molecule has 0 rings (SSSR count). The molecular weight excluding hydrogens is 156 g/mol. The number of rotatable bonds is 3. The lowest BCUT2D eigenvalue weighted by molar-refractivity contribution is -0.734. The first-order valence-electron chi connectivity index (χ1n) is 2.51. The molecule has 0 fully saturated rings. The van der Waals surface area contributed by atoms with Crippen LogP contribution in [0, 0.1) is 26.3 Å². The van der Waals surface area contributed by atoms with E-state index < -0.39 is 21.8 Å². The quantitative estimate of drug-likeness (QED) is 0.274. The zero-order valence-electron chi connectivity index (χ0n) is 5.55. The minimum atomic E-state index is -2.29. The third-order valence-electron chi connectivity index (χ3n) is 0.900. The fourth-order valence-corrected chi connectivity index (χ4v) is 0.406. The SMILES string of the molecule is C/[C]=C(\O)C([N+](=O)[O-])[N+](=O)[O-]. The maximum Gasteiger partial charge on any atom is 0.506 e. The molecule has 0 aromatic rings. The van der Waals surface area contributed by atoms with E-state index in [2.05, 4.69) is 0 Å². The fourth-order valence-electron chi connectivity index (χ4n) is 0.406. The van der Waals surface area contributed by atoms with Gasteiger partial charge in [-0.25, -0.2) is 0 Å². The lowest BCUT2D eigenvalue weighted by atomic mass is 10.4. The van der Waals surface area contributed by atoms with Crippen molar-refractivity contribution < 1.29 is 15.0 Å². The second-order valence-electron chi connectivity index (χ2n) is 1.58. The Kier molecular flexibility index (Phi) is 2.97. The Bertz CT molecular complexity index is 197. The smallest absolute Gasteiger partial charge is 0.500 e. The number of aliphatic hydroxyl groups excluding tert-OH is 1. The van der Waals surface area contributed by atoms with Crippen LogP contribution in [0.2, 0.25) is 0 Å². The standard InChI is InChI=1S/C4H5N2O5/c1-2-3(7)4(5(8)9)6(10)11/h4,7H,1H3. The minimum absolute atomic E-state index is 0.986. The van der Waals surface area contributed by atoms with E-state index in [-0.39, 0.29) is 0 Å². The maximum absolute atomic E-state index is 9.88. The average Bonchev–Trinajstić information content (AvgIpc) is 1.85. The highest BCUT2D eigenvalue weighted by molar-refractivity contribution is 4.84. The van der Waals surface area contributed by atoms with E-state index in [0.29, 0.717) is 0 Å². The Balaban J connectivity index is 4.62. The van der Waals surface area contributed by atoms with Crippen molar-refractivity contribution >= 4 is 0 Å². The van der Waals surface area contributed by atoms with Crippen LogP contribution in [0.1, 0.15) is 6.92 Å². The third-order valence-corrected chi connectivity index (χ3v) is 0.900. The Morgan fingerprint density at radius 2 is 1.82 bits per heavy atom. The summed E-state index contributed by atoms with van der Waals surface area (Å²) in [6, 6.07) is 0. The van der Waals surface area contributed by atoms with Crippen LogP contribution in [-0.4, -0.2) is 21.1 Å². The summed E-state index contributed by atoms with van der Waals surface area (Å²) in [6.07, 6.45) is -0.375. The molecule has 0 amide bonds. The van der Waals surface area contributed by atoms with Gasteiger partial charge in [0.2, 0.25) is 5.76 Å². The van der Waals surface area contributed by atoms with Gasteiger partial charge in [0.1, 0.15) is 9.85 Å². The predicted molar refractivity (Wildman–Crippen MR) is 32.8 cm³/mol. The van der Waals surface area contributed by atoms with Gasteiger partial charge in [-0.05, 0) is 6.92 Å². The van der Waals surface area contributed by atoms with Crippen molar-refractivity contribution in [3.8, 4) is 0 Å². The van der Waals surface area contributed by atoms with Crippen molar-refractivity contribution in [1.29, 1.82) is 0 Å². The lowest BCUT2D eigenvalue weighted by Gasteiger charge is -1.98. The van der Waals surface area contributed by atoms with Crippen LogP contribution in [0.15, 0.2) is 5.76 Å². The summed E-state index contributed by atoms with van der Waals surface area (Å²) in [5.74, 6) is -0.986. The van der Waals surface area contributed by atoms with Crippen LogP contribution in [0.4, 0.5) is 0 Å². The van der Waals surface area contributed by atoms with Crippen molar-refractivity contribution in [2.75, 3.05) is 0 Å². The first kappa shape index (κ1) is 9.34. The molecule has 0 aromatic carbocycles. The number of aliphatic hydroxyl groups is 1. The molecule has 0 aromatic heterocycles. The number of allylic oxidation sites excluding steroid dienone is 1. The first-order chi connectivity index (χ1) is 5.00. The molecule has 7 nitrogen and oxygen atoms in total. The average molecular weight is 161 g/mol. The number of hydrogen-bond acceptors (Lipinski definition) is 5. The lowest BCUT2D eigenvalue weighted by Crippen LogP contribution is -2.30. The number of hydrogen-bond donors (Lipinski definition) is 1. The first-order valence-corrected chi connectivity index (χ1v) is 2.51. The van der Waals surface area contributed by atoms with E-state index in [1.165, 1.54) is 0 Å². The van der Waals surface area contributed by atoms with Gasteiger partial charge >= 0.3 is 6.17 Å². The van der Waals surface area contributed by atoms with Gasteiger partial charge in [0.05, 0.1) is 0 Å². The Hall–Kier alpha value is -1.66. The zero-order valence-corrected chi connectivity index (χ0v) is 5.55. The molecule has 0 saturated carbocycles. The van der Waals surface area contributed by atoms with Crippen LogP contribution >= 0.6 is 0 Å². The molecule has 0 saturated heterocycles.